The molecule has 2 aromatic carbocycles. The molecule has 1 saturated heterocycles. The smallest absolute Gasteiger partial charge is 0.0628 e. The van der Waals surface area contributed by atoms with Gasteiger partial charge in [0.05, 0.1) is 12.6 Å². The standard InChI is InChI=1S/C16H20N2O/c19-12-16(18-10-8-17-9-11-18)15-7-3-5-13-4-1-2-6-14(13)15/h1-7,16-17,19H,8-12H2/t16-/m0/s1. The molecule has 2 aromatic rings. The second-order valence-electron chi connectivity index (χ2n) is 5.05. The zero-order valence-corrected chi connectivity index (χ0v) is 11.0. The van der Waals surface area contributed by atoms with Gasteiger partial charge in [-0.2, -0.15) is 0 Å². The number of nitrogens with zero attached hydrogens (tertiary/aromatic N) is 1. The van der Waals surface area contributed by atoms with E-state index in [-0.39, 0.29) is 12.6 Å². The first-order valence-corrected chi connectivity index (χ1v) is 6.93. The molecule has 1 atom stereocenters. The van der Waals surface area contributed by atoms with Crippen LogP contribution in [0.15, 0.2) is 42.5 Å². The molecule has 3 heteroatoms. The second kappa shape index (κ2) is 5.70. The van der Waals surface area contributed by atoms with Crippen molar-refractivity contribution in [2.75, 3.05) is 32.8 Å². The number of piperazine rings is 1. The fraction of sp³-hybridized carbons (Fsp3) is 0.375. The molecule has 0 unspecified atom stereocenters. The highest BCUT2D eigenvalue weighted by Crippen LogP contribution is 2.28. The van der Waals surface area contributed by atoms with Crippen LogP contribution >= 0.6 is 0 Å². The Morgan fingerprint density at radius 3 is 2.58 bits per heavy atom. The molecule has 0 aliphatic carbocycles. The van der Waals surface area contributed by atoms with E-state index in [0.717, 1.165) is 26.2 Å². The molecule has 100 valence electrons. The summed E-state index contributed by atoms with van der Waals surface area (Å²) in [7, 11) is 0. The first kappa shape index (κ1) is 12.6. The molecule has 0 amide bonds. The molecular weight excluding hydrogens is 236 g/mol. The lowest BCUT2D eigenvalue weighted by Gasteiger charge is -2.34. The number of nitrogens with one attached hydrogen (secondary N) is 1. The number of aliphatic hydroxyl groups is 1. The van der Waals surface area contributed by atoms with Gasteiger partial charge in [-0.25, -0.2) is 0 Å². The number of aliphatic hydroxyl groups excluding tert-OH is 1. The SMILES string of the molecule is OC[C@@H](c1cccc2ccccc12)N1CCNCC1. The van der Waals surface area contributed by atoms with Gasteiger partial charge >= 0.3 is 0 Å². The van der Waals surface area contributed by atoms with Gasteiger partial charge in [-0.1, -0.05) is 42.5 Å². The van der Waals surface area contributed by atoms with Crippen LogP contribution in [0.3, 0.4) is 0 Å². The Hall–Kier alpha value is -1.42. The minimum Gasteiger partial charge on any atom is -0.394 e. The number of hydrogen-bond acceptors (Lipinski definition) is 3. The van der Waals surface area contributed by atoms with Crippen molar-refractivity contribution in [3.8, 4) is 0 Å². The maximum absolute atomic E-state index is 9.83. The maximum atomic E-state index is 9.83. The largest absolute Gasteiger partial charge is 0.394 e. The van der Waals surface area contributed by atoms with Crippen LogP contribution in [0.4, 0.5) is 0 Å². The van der Waals surface area contributed by atoms with Crippen LogP contribution < -0.4 is 5.32 Å². The summed E-state index contributed by atoms with van der Waals surface area (Å²) < 4.78 is 0. The van der Waals surface area contributed by atoms with E-state index in [9.17, 15) is 5.11 Å². The molecular formula is C16H20N2O. The van der Waals surface area contributed by atoms with Gasteiger partial charge in [0.2, 0.25) is 0 Å². The highest BCUT2D eigenvalue weighted by Gasteiger charge is 2.22. The zero-order valence-electron chi connectivity index (χ0n) is 11.0. The summed E-state index contributed by atoms with van der Waals surface area (Å²) in [6.07, 6.45) is 0. The van der Waals surface area contributed by atoms with Crippen LogP contribution in [0.2, 0.25) is 0 Å². The first-order chi connectivity index (χ1) is 9.40. The van der Waals surface area contributed by atoms with Crippen molar-refractivity contribution < 1.29 is 5.11 Å². The van der Waals surface area contributed by atoms with Crippen molar-refractivity contribution in [2.45, 2.75) is 6.04 Å². The second-order valence-corrected chi connectivity index (χ2v) is 5.05. The molecule has 0 radical (unpaired) electrons. The topological polar surface area (TPSA) is 35.5 Å². The third kappa shape index (κ3) is 2.50. The van der Waals surface area contributed by atoms with Gasteiger partial charge in [0.15, 0.2) is 0 Å². The van der Waals surface area contributed by atoms with Gasteiger partial charge in [-0.15, -0.1) is 0 Å². The lowest BCUT2D eigenvalue weighted by atomic mass is 9.97. The third-order valence-corrected chi connectivity index (χ3v) is 3.95. The van der Waals surface area contributed by atoms with Crippen molar-refractivity contribution in [1.82, 2.24) is 10.2 Å². The lowest BCUT2D eigenvalue weighted by molar-refractivity contribution is 0.111. The highest BCUT2D eigenvalue weighted by atomic mass is 16.3. The summed E-state index contributed by atoms with van der Waals surface area (Å²) in [6, 6.07) is 14.9. The van der Waals surface area contributed by atoms with Crippen LogP contribution in [0.25, 0.3) is 10.8 Å². The summed E-state index contributed by atoms with van der Waals surface area (Å²) in [5.41, 5.74) is 1.24. The normalized spacial score (nSPS) is 18.6. The molecule has 0 saturated carbocycles. The van der Waals surface area contributed by atoms with Crippen LogP contribution in [0.5, 0.6) is 0 Å². The monoisotopic (exact) mass is 256 g/mol. The van der Waals surface area contributed by atoms with Crippen LogP contribution in [-0.2, 0) is 0 Å². The molecule has 3 rings (SSSR count). The van der Waals surface area contributed by atoms with E-state index in [1.54, 1.807) is 0 Å². The summed E-state index contributed by atoms with van der Waals surface area (Å²) in [5, 5.41) is 15.7. The van der Waals surface area contributed by atoms with Crippen LogP contribution in [0, 0.1) is 0 Å². The quantitative estimate of drug-likeness (QED) is 0.878. The van der Waals surface area contributed by atoms with E-state index in [1.807, 2.05) is 0 Å². The van der Waals surface area contributed by atoms with Crippen molar-refractivity contribution in [2.24, 2.45) is 0 Å². The minimum atomic E-state index is 0.105. The predicted octanol–water partition coefficient (Wildman–Crippen LogP) is 1.78. The van der Waals surface area contributed by atoms with Crippen molar-refractivity contribution in [3.05, 3.63) is 48.0 Å². The average Bonchev–Trinajstić information content (AvgIpc) is 2.49. The molecule has 3 nitrogen and oxygen atoms in total. The number of hydrogen-bond donors (Lipinski definition) is 2. The van der Waals surface area contributed by atoms with E-state index in [4.69, 9.17) is 0 Å². The van der Waals surface area contributed by atoms with Gasteiger partial charge in [0.1, 0.15) is 0 Å². The minimum absolute atomic E-state index is 0.105. The Labute approximate surface area is 113 Å². The van der Waals surface area contributed by atoms with E-state index in [1.165, 1.54) is 16.3 Å². The summed E-state index contributed by atoms with van der Waals surface area (Å²) in [5.74, 6) is 0. The maximum Gasteiger partial charge on any atom is 0.0628 e. The van der Waals surface area contributed by atoms with Crippen molar-refractivity contribution in [1.29, 1.82) is 0 Å². The first-order valence-electron chi connectivity index (χ1n) is 6.93. The van der Waals surface area contributed by atoms with Crippen LogP contribution in [-0.4, -0.2) is 42.8 Å². The Kier molecular flexibility index (Phi) is 3.78. The van der Waals surface area contributed by atoms with Crippen molar-refractivity contribution in [3.63, 3.8) is 0 Å². The Balaban J connectivity index is 2.00. The van der Waals surface area contributed by atoms with E-state index >= 15 is 0 Å². The van der Waals surface area contributed by atoms with Crippen LogP contribution in [0.1, 0.15) is 11.6 Å². The van der Waals surface area contributed by atoms with Gasteiger partial charge < -0.3 is 10.4 Å². The molecule has 0 bridgehead atoms. The zero-order chi connectivity index (χ0) is 13.1. The highest BCUT2D eigenvalue weighted by molar-refractivity contribution is 5.86. The molecule has 1 aliphatic rings. The number of rotatable bonds is 3. The van der Waals surface area contributed by atoms with E-state index in [0.29, 0.717) is 0 Å². The summed E-state index contributed by atoms with van der Waals surface area (Å²) in [4.78, 5) is 2.37. The fourth-order valence-corrected chi connectivity index (χ4v) is 2.95. The summed E-state index contributed by atoms with van der Waals surface area (Å²) >= 11 is 0. The molecule has 0 aromatic heterocycles. The fourth-order valence-electron chi connectivity index (χ4n) is 2.95. The molecule has 0 spiro atoms. The van der Waals surface area contributed by atoms with E-state index in [2.05, 4.69) is 52.7 Å². The third-order valence-electron chi connectivity index (χ3n) is 3.95. The van der Waals surface area contributed by atoms with Gasteiger partial charge in [0, 0.05) is 26.2 Å². The predicted molar refractivity (Wildman–Crippen MR) is 78.2 cm³/mol. The Morgan fingerprint density at radius 1 is 1.05 bits per heavy atom. The molecule has 1 fully saturated rings. The molecule has 2 N–H and O–H groups in total. The molecule has 1 aliphatic heterocycles. The van der Waals surface area contributed by atoms with E-state index < -0.39 is 0 Å². The molecule has 19 heavy (non-hydrogen) atoms. The Bertz CT molecular complexity index is 544. The molecule has 1 heterocycles. The number of fused-ring (bicyclic) bond motifs is 1. The van der Waals surface area contributed by atoms with Gasteiger partial charge in [0.25, 0.3) is 0 Å². The van der Waals surface area contributed by atoms with Gasteiger partial charge in [-0.3, -0.25) is 4.90 Å². The average molecular weight is 256 g/mol. The van der Waals surface area contributed by atoms with Crippen molar-refractivity contribution >= 4 is 10.8 Å². The lowest BCUT2D eigenvalue weighted by Crippen LogP contribution is -2.46. The van der Waals surface area contributed by atoms with Gasteiger partial charge in [-0.05, 0) is 16.3 Å². The number of benzene rings is 2. The Morgan fingerprint density at radius 2 is 1.79 bits per heavy atom. The summed E-state index contributed by atoms with van der Waals surface area (Å²) in [6.45, 7) is 4.17.